The van der Waals surface area contributed by atoms with Crippen LogP contribution >= 0.6 is 0 Å². The average molecular weight is 590 g/mol. The standard InChI is InChI=1S/C37H36FN3O3/c38-33-19-13-29(14-20-33)30-15-21-34(22-16-30)42-25-7-5-3-1-2-4-6-8-26-43-35-23-17-32(18-24-35)37-41-40-36(44-37)31-11-9-28(27-39)10-12-31/h9-24H,1-8,25-26H2. The number of halogens is 1. The van der Waals surface area contributed by atoms with E-state index in [1.54, 1.807) is 36.4 Å². The third-order valence-corrected chi connectivity index (χ3v) is 7.40. The number of rotatable bonds is 16. The number of hydrogen-bond donors (Lipinski definition) is 0. The summed E-state index contributed by atoms with van der Waals surface area (Å²) >= 11 is 0. The number of nitrogens with zero attached hydrogens (tertiary/aromatic N) is 3. The minimum Gasteiger partial charge on any atom is -0.494 e. The van der Waals surface area contributed by atoms with Gasteiger partial charge in [-0.3, -0.25) is 0 Å². The molecule has 1 heterocycles. The van der Waals surface area contributed by atoms with Gasteiger partial charge in [-0.1, -0.05) is 62.8 Å². The first-order valence-corrected chi connectivity index (χ1v) is 15.2. The molecule has 0 spiro atoms. The molecule has 0 radical (unpaired) electrons. The molecule has 0 amide bonds. The van der Waals surface area contributed by atoms with Gasteiger partial charge in [-0.2, -0.15) is 5.26 Å². The van der Waals surface area contributed by atoms with Crippen LogP contribution in [0.15, 0.2) is 101 Å². The molecule has 0 atom stereocenters. The van der Waals surface area contributed by atoms with Gasteiger partial charge in [0, 0.05) is 11.1 Å². The monoisotopic (exact) mass is 589 g/mol. The van der Waals surface area contributed by atoms with Crippen LogP contribution in [0.1, 0.15) is 56.9 Å². The molecule has 5 rings (SSSR count). The Labute approximate surface area is 258 Å². The van der Waals surface area contributed by atoms with Gasteiger partial charge in [0.25, 0.3) is 0 Å². The van der Waals surface area contributed by atoms with Gasteiger partial charge >= 0.3 is 0 Å². The highest BCUT2D eigenvalue weighted by atomic mass is 19.1. The van der Waals surface area contributed by atoms with Crippen molar-refractivity contribution in [2.24, 2.45) is 0 Å². The Bertz CT molecular complexity index is 1610. The summed E-state index contributed by atoms with van der Waals surface area (Å²) in [6.45, 7) is 1.42. The zero-order chi connectivity index (χ0) is 30.4. The molecule has 7 heteroatoms. The fourth-order valence-electron chi connectivity index (χ4n) is 4.87. The first-order valence-electron chi connectivity index (χ1n) is 15.2. The van der Waals surface area contributed by atoms with Crippen molar-refractivity contribution in [1.82, 2.24) is 10.2 Å². The van der Waals surface area contributed by atoms with E-state index in [1.807, 2.05) is 48.5 Å². The van der Waals surface area contributed by atoms with Crippen LogP contribution in [0.5, 0.6) is 11.5 Å². The van der Waals surface area contributed by atoms with Crippen molar-refractivity contribution in [3.05, 3.63) is 108 Å². The molecule has 224 valence electrons. The summed E-state index contributed by atoms with van der Waals surface area (Å²) in [6.07, 6.45) is 9.36. The molecule has 5 aromatic rings. The van der Waals surface area contributed by atoms with Crippen LogP contribution in [-0.4, -0.2) is 23.4 Å². The molecule has 0 unspecified atom stereocenters. The quantitative estimate of drug-likeness (QED) is 0.107. The van der Waals surface area contributed by atoms with Crippen molar-refractivity contribution in [2.75, 3.05) is 13.2 Å². The SMILES string of the molecule is N#Cc1ccc(-c2nnc(-c3ccc(OCCCCCCCCCCOc4ccc(-c5ccc(F)cc5)cc4)cc3)o2)cc1. The Hall–Kier alpha value is -4.96. The van der Waals surface area contributed by atoms with Gasteiger partial charge in [0.05, 0.1) is 24.8 Å². The average Bonchev–Trinajstić information content (AvgIpc) is 3.57. The molecule has 0 bridgehead atoms. The normalized spacial score (nSPS) is 10.8. The zero-order valence-electron chi connectivity index (χ0n) is 24.8. The molecule has 0 aliphatic rings. The minimum atomic E-state index is -0.223. The maximum atomic E-state index is 13.1. The van der Waals surface area contributed by atoms with Gasteiger partial charge in [-0.25, -0.2) is 4.39 Å². The van der Waals surface area contributed by atoms with Crippen molar-refractivity contribution in [3.63, 3.8) is 0 Å². The summed E-state index contributed by atoms with van der Waals surface area (Å²) in [4.78, 5) is 0. The van der Waals surface area contributed by atoms with E-state index in [1.165, 1.54) is 44.2 Å². The highest BCUT2D eigenvalue weighted by molar-refractivity contribution is 5.64. The second kappa shape index (κ2) is 16.0. The lowest BCUT2D eigenvalue weighted by molar-refractivity contribution is 0.301. The number of unbranched alkanes of at least 4 members (excludes halogenated alkanes) is 7. The van der Waals surface area contributed by atoms with Gasteiger partial charge in [0.2, 0.25) is 11.8 Å². The van der Waals surface area contributed by atoms with E-state index in [0.717, 1.165) is 59.6 Å². The highest BCUT2D eigenvalue weighted by Gasteiger charge is 2.11. The van der Waals surface area contributed by atoms with Crippen molar-refractivity contribution in [1.29, 1.82) is 5.26 Å². The minimum absolute atomic E-state index is 0.223. The molecule has 1 aromatic heterocycles. The second-order valence-corrected chi connectivity index (χ2v) is 10.7. The molecule has 0 N–H and O–H groups in total. The third kappa shape index (κ3) is 9.02. The van der Waals surface area contributed by atoms with Crippen LogP contribution in [0.25, 0.3) is 34.0 Å². The Morgan fingerprint density at radius 2 is 0.909 bits per heavy atom. The maximum Gasteiger partial charge on any atom is 0.248 e. The number of benzene rings is 4. The molecule has 0 aliphatic carbocycles. The van der Waals surface area contributed by atoms with Crippen LogP contribution in [0.2, 0.25) is 0 Å². The van der Waals surface area contributed by atoms with E-state index in [9.17, 15) is 4.39 Å². The van der Waals surface area contributed by atoms with Crippen LogP contribution < -0.4 is 9.47 Å². The zero-order valence-corrected chi connectivity index (χ0v) is 24.8. The first-order chi connectivity index (χ1) is 21.7. The second-order valence-electron chi connectivity index (χ2n) is 10.7. The van der Waals surface area contributed by atoms with E-state index in [-0.39, 0.29) is 5.82 Å². The van der Waals surface area contributed by atoms with Crippen LogP contribution in [-0.2, 0) is 0 Å². The molecule has 44 heavy (non-hydrogen) atoms. The van der Waals surface area contributed by atoms with E-state index >= 15 is 0 Å². The van der Waals surface area contributed by atoms with Crippen molar-refractivity contribution < 1.29 is 18.3 Å². The van der Waals surface area contributed by atoms with Gasteiger partial charge in [0.1, 0.15) is 17.3 Å². The smallest absolute Gasteiger partial charge is 0.248 e. The molecule has 6 nitrogen and oxygen atoms in total. The molecule has 0 saturated heterocycles. The maximum absolute atomic E-state index is 13.1. The third-order valence-electron chi connectivity index (χ3n) is 7.40. The Morgan fingerprint density at radius 1 is 0.523 bits per heavy atom. The molecule has 0 aliphatic heterocycles. The summed E-state index contributed by atoms with van der Waals surface area (Å²) < 4.78 is 30.7. The van der Waals surface area contributed by atoms with E-state index in [4.69, 9.17) is 19.2 Å². The van der Waals surface area contributed by atoms with Crippen LogP contribution in [0.4, 0.5) is 4.39 Å². The van der Waals surface area contributed by atoms with E-state index in [0.29, 0.717) is 24.0 Å². The van der Waals surface area contributed by atoms with Crippen LogP contribution in [0, 0.1) is 17.1 Å². The summed E-state index contributed by atoms with van der Waals surface area (Å²) in [7, 11) is 0. The lowest BCUT2D eigenvalue weighted by atomic mass is 10.1. The topological polar surface area (TPSA) is 81.2 Å². The van der Waals surface area contributed by atoms with Gasteiger partial charge in [-0.15, -0.1) is 10.2 Å². The van der Waals surface area contributed by atoms with Crippen molar-refractivity contribution in [3.8, 4) is 51.6 Å². The first kappa shape index (κ1) is 30.5. The largest absolute Gasteiger partial charge is 0.494 e. The van der Waals surface area contributed by atoms with Crippen LogP contribution in [0.3, 0.4) is 0 Å². The summed E-state index contributed by atoms with van der Waals surface area (Å²) in [5.74, 6) is 2.33. The Balaban J connectivity index is 0.883. The lowest BCUT2D eigenvalue weighted by Crippen LogP contribution is -1.98. The number of nitriles is 1. The predicted molar refractivity (Wildman–Crippen MR) is 170 cm³/mol. The fourth-order valence-corrected chi connectivity index (χ4v) is 4.87. The lowest BCUT2D eigenvalue weighted by Gasteiger charge is -2.08. The highest BCUT2D eigenvalue weighted by Crippen LogP contribution is 2.26. The Morgan fingerprint density at radius 3 is 1.36 bits per heavy atom. The summed E-state index contributed by atoms with van der Waals surface area (Å²) in [6, 6.07) is 31.3. The molecule has 0 saturated carbocycles. The molecular weight excluding hydrogens is 553 g/mol. The number of aromatic nitrogens is 2. The Kier molecular flexibility index (Phi) is 11.1. The number of hydrogen-bond acceptors (Lipinski definition) is 6. The fraction of sp³-hybridized carbons (Fsp3) is 0.270. The van der Waals surface area contributed by atoms with E-state index < -0.39 is 0 Å². The summed E-state index contributed by atoms with van der Waals surface area (Å²) in [5.41, 5.74) is 4.24. The van der Waals surface area contributed by atoms with Crippen molar-refractivity contribution >= 4 is 0 Å². The molecular formula is C37H36FN3O3. The van der Waals surface area contributed by atoms with Gasteiger partial charge in [0.15, 0.2) is 0 Å². The predicted octanol–water partition coefficient (Wildman–Crippen LogP) is 9.66. The van der Waals surface area contributed by atoms with E-state index in [2.05, 4.69) is 16.3 Å². The van der Waals surface area contributed by atoms with Gasteiger partial charge < -0.3 is 13.9 Å². The summed E-state index contributed by atoms with van der Waals surface area (Å²) in [5, 5.41) is 17.2. The molecule has 4 aromatic carbocycles. The van der Waals surface area contributed by atoms with Gasteiger partial charge in [-0.05, 0) is 96.8 Å². The number of ether oxygens (including phenoxy) is 2. The van der Waals surface area contributed by atoms with Crippen molar-refractivity contribution in [2.45, 2.75) is 51.4 Å². The molecule has 0 fully saturated rings.